The van der Waals surface area contributed by atoms with Crippen molar-refractivity contribution in [2.45, 2.75) is 101 Å². The summed E-state index contributed by atoms with van der Waals surface area (Å²) in [5.41, 5.74) is 15.4. The number of nitrogens with zero attached hydrogens (tertiary/aromatic N) is 5. The largest absolute Gasteiger partial charge is 0.465 e. The first-order valence-corrected chi connectivity index (χ1v) is 24.6. The van der Waals surface area contributed by atoms with Crippen LogP contribution in [0.25, 0.3) is 11.1 Å². The van der Waals surface area contributed by atoms with Gasteiger partial charge in [0.15, 0.2) is 0 Å². The van der Waals surface area contributed by atoms with E-state index in [1.54, 1.807) is 27.7 Å². The molecule has 5 heterocycles. The van der Waals surface area contributed by atoms with Gasteiger partial charge in [0.25, 0.3) is 0 Å². The van der Waals surface area contributed by atoms with Crippen LogP contribution in [0.1, 0.15) is 101 Å². The van der Waals surface area contributed by atoms with Gasteiger partial charge in [-0.3, -0.25) is 19.2 Å². The Hall–Kier alpha value is -7.21. The van der Waals surface area contributed by atoms with Crippen LogP contribution in [0.2, 0.25) is 0 Å². The van der Waals surface area contributed by atoms with Crippen molar-refractivity contribution in [3.8, 4) is 11.1 Å². The minimum Gasteiger partial charge on any atom is -0.465 e. The van der Waals surface area contributed by atoms with Crippen LogP contribution in [-0.4, -0.2) is 112 Å². The summed E-state index contributed by atoms with van der Waals surface area (Å²) in [6, 6.07) is 25.3. The van der Waals surface area contributed by atoms with Gasteiger partial charge >= 0.3 is 12.2 Å². The topological polar surface area (TPSA) is 254 Å². The van der Waals surface area contributed by atoms with E-state index in [1.807, 2.05) is 60.8 Å². The van der Waals surface area contributed by atoms with Gasteiger partial charge in [-0.1, -0.05) is 88.4 Å². The molecule has 0 saturated carbocycles. The highest BCUT2D eigenvalue weighted by atomic mass is 16.5. The Kier molecular flexibility index (Phi) is 14.6. The number of benzene rings is 3. The van der Waals surface area contributed by atoms with E-state index in [9.17, 15) is 39.0 Å². The maximum Gasteiger partial charge on any atom is 0.405 e. The number of nitrogens with one attached hydrogen (secondary N) is 2. The molecule has 18 heteroatoms. The average Bonchev–Trinajstić information content (AvgIpc) is 4.14. The molecule has 8 N–H and O–H groups in total. The van der Waals surface area contributed by atoms with Gasteiger partial charge in [0.1, 0.15) is 29.0 Å². The van der Waals surface area contributed by atoms with Gasteiger partial charge in [-0.25, -0.2) is 14.6 Å². The standard InChI is InChI=1S/C53H65N9O9/c1-32(2)44(57-50(67)68)46(63)60-25-5-23-52(60,48(54)65)38-14-7-35(8-15-38)41-20-21-42(62(41)40-18-11-34(12-19-40)37-13-22-43(56-31-37)59-27-29-71-30-28-59)36-9-16-39(17-10-36)53(49(55)66)24-6-26-61(53)47(64)45(33(3)4)58-51(69)70/h7-19,22,31-33,41-42,44-45,57-58H,5-6,20-21,23-30H2,1-4H3,(H2,54,65)(H2,55,66)(H,67,68)(H,69,70)/t41-,42?,44+,45+,52+,53+/m1/s1. The molecule has 0 spiro atoms. The lowest BCUT2D eigenvalue weighted by Gasteiger charge is -2.39. The summed E-state index contributed by atoms with van der Waals surface area (Å²) in [5.74, 6) is -2.25. The quantitative estimate of drug-likeness (QED) is 0.0820. The number of nitrogens with two attached hydrogens (primary N) is 2. The predicted molar refractivity (Wildman–Crippen MR) is 266 cm³/mol. The molecule has 8 rings (SSSR count). The second-order valence-electron chi connectivity index (χ2n) is 19.8. The number of carbonyl (C=O) groups excluding carboxylic acids is 4. The molecule has 4 fully saturated rings. The summed E-state index contributed by atoms with van der Waals surface area (Å²) in [6.45, 7) is 10.4. The van der Waals surface area contributed by atoms with E-state index in [2.05, 4.69) is 50.8 Å². The molecular formula is C53H65N9O9. The van der Waals surface area contributed by atoms with E-state index in [0.29, 0.717) is 37.2 Å². The van der Waals surface area contributed by atoms with Gasteiger partial charge < -0.3 is 56.7 Å². The number of aromatic nitrogens is 1. The minimum absolute atomic E-state index is 0.153. The maximum absolute atomic E-state index is 14.1. The molecule has 4 saturated heterocycles. The van der Waals surface area contributed by atoms with Gasteiger partial charge in [-0.05, 0) is 102 Å². The third-order valence-electron chi connectivity index (χ3n) is 15.0. The number of carboxylic acid groups (broad SMARTS) is 2. The number of ether oxygens (including phenoxy) is 1. The zero-order valence-corrected chi connectivity index (χ0v) is 40.8. The first kappa shape index (κ1) is 50.2. The fraction of sp³-hybridized carbons (Fsp3) is 0.453. The van der Waals surface area contributed by atoms with E-state index in [1.165, 1.54) is 9.80 Å². The van der Waals surface area contributed by atoms with Crippen molar-refractivity contribution < 1.29 is 43.7 Å². The fourth-order valence-electron chi connectivity index (χ4n) is 11.4. The molecule has 3 aromatic carbocycles. The number of morpholine rings is 1. The zero-order valence-electron chi connectivity index (χ0n) is 40.8. The lowest BCUT2D eigenvalue weighted by Crippen LogP contribution is -2.59. The van der Waals surface area contributed by atoms with Crippen molar-refractivity contribution in [3.63, 3.8) is 0 Å². The Labute approximate surface area is 413 Å². The number of carbonyl (C=O) groups is 6. The van der Waals surface area contributed by atoms with Crippen molar-refractivity contribution in [3.05, 3.63) is 113 Å². The molecule has 0 aliphatic carbocycles. The fourth-order valence-corrected chi connectivity index (χ4v) is 11.4. The van der Waals surface area contributed by atoms with Crippen molar-refractivity contribution in [2.24, 2.45) is 23.3 Å². The van der Waals surface area contributed by atoms with E-state index in [4.69, 9.17) is 21.2 Å². The van der Waals surface area contributed by atoms with Crippen LogP contribution in [0, 0.1) is 11.8 Å². The first-order chi connectivity index (χ1) is 34.0. The number of rotatable bonds is 15. The van der Waals surface area contributed by atoms with E-state index in [-0.39, 0.29) is 49.9 Å². The van der Waals surface area contributed by atoms with E-state index >= 15 is 0 Å². The third kappa shape index (κ3) is 9.56. The second-order valence-corrected chi connectivity index (χ2v) is 19.8. The monoisotopic (exact) mass is 971 g/mol. The molecule has 376 valence electrons. The van der Waals surface area contributed by atoms with Crippen LogP contribution in [0.15, 0.2) is 91.1 Å². The lowest BCUT2D eigenvalue weighted by atomic mass is 9.84. The van der Waals surface area contributed by atoms with Crippen LogP contribution in [0.3, 0.4) is 0 Å². The molecule has 4 aliphatic rings. The molecule has 6 atom stereocenters. The molecule has 6 amide bonds. The molecule has 0 radical (unpaired) electrons. The Morgan fingerprint density at radius 2 is 1.06 bits per heavy atom. The zero-order chi connectivity index (χ0) is 50.8. The van der Waals surface area contributed by atoms with Crippen LogP contribution in [-0.2, 0) is 35.0 Å². The predicted octanol–water partition coefficient (Wildman–Crippen LogP) is 5.86. The molecule has 4 aliphatic heterocycles. The van der Waals surface area contributed by atoms with Crippen LogP contribution >= 0.6 is 0 Å². The first-order valence-electron chi connectivity index (χ1n) is 24.6. The van der Waals surface area contributed by atoms with Gasteiger partial charge in [0.05, 0.1) is 25.3 Å². The summed E-state index contributed by atoms with van der Waals surface area (Å²) >= 11 is 0. The summed E-state index contributed by atoms with van der Waals surface area (Å²) in [4.78, 5) is 90.9. The molecule has 0 bridgehead atoms. The number of hydrogen-bond acceptors (Lipinski definition) is 10. The van der Waals surface area contributed by atoms with Gasteiger partial charge in [-0.2, -0.15) is 0 Å². The number of amides is 6. The SMILES string of the molecule is CC(C)[C@H](NC(=O)O)C(=O)N1CCC[C@@]1(C(N)=O)c1ccc(C2CC[C@H](c3ccc([C@]4(C(N)=O)CCCN4C(=O)[C@@H](NC(=O)O)C(C)C)cc3)N2c2ccc(-c3ccc(N4CCOCC4)nc3)cc2)cc1. The number of pyridine rings is 1. The summed E-state index contributed by atoms with van der Waals surface area (Å²) in [5, 5.41) is 23.8. The van der Waals surface area contributed by atoms with Crippen LogP contribution < -0.4 is 31.9 Å². The number of hydrogen-bond donors (Lipinski definition) is 6. The lowest BCUT2D eigenvalue weighted by molar-refractivity contribution is -0.146. The smallest absolute Gasteiger partial charge is 0.405 e. The highest BCUT2D eigenvalue weighted by molar-refractivity contribution is 5.96. The molecule has 1 aromatic heterocycles. The second kappa shape index (κ2) is 20.6. The third-order valence-corrected chi connectivity index (χ3v) is 15.0. The molecule has 1 unspecified atom stereocenters. The maximum atomic E-state index is 14.1. The Balaban J connectivity index is 1.13. The van der Waals surface area contributed by atoms with E-state index < -0.39 is 59.0 Å². The van der Waals surface area contributed by atoms with Crippen molar-refractivity contribution in [1.82, 2.24) is 25.4 Å². The summed E-state index contributed by atoms with van der Waals surface area (Å²) in [7, 11) is 0. The highest BCUT2D eigenvalue weighted by Crippen LogP contribution is 2.49. The van der Waals surface area contributed by atoms with Crippen LogP contribution in [0.5, 0.6) is 0 Å². The number of likely N-dealkylation sites (tertiary alicyclic amines) is 2. The molecule has 4 aromatic rings. The van der Waals surface area contributed by atoms with E-state index in [0.717, 1.165) is 59.7 Å². The Morgan fingerprint density at radius 3 is 1.44 bits per heavy atom. The molecule has 18 nitrogen and oxygen atoms in total. The minimum atomic E-state index is -1.47. The van der Waals surface area contributed by atoms with Crippen molar-refractivity contribution in [2.75, 3.05) is 49.2 Å². The van der Waals surface area contributed by atoms with Gasteiger partial charge in [-0.15, -0.1) is 0 Å². The summed E-state index contributed by atoms with van der Waals surface area (Å²) in [6.07, 6.45) is 2.29. The number of anilines is 2. The normalized spacial score (nSPS) is 23.2. The van der Waals surface area contributed by atoms with Crippen molar-refractivity contribution in [1.29, 1.82) is 0 Å². The van der Waals surface area contributed by atoms with Crippen LogP contribution in [0.4, 0.5) is 21.1 Å². The van der Waals surface area contributed by atoms with Gasteiger partial charge in [0, 0.05) is 43.6 Å². The molecular weight excluding hydrogens is 907 g/mol. The Bertz CT molecular complexity index is 2480. The molecule has 71 heavy (non-hydrogen) atoms. The Morgan fingerprint density at radius 1 is 0.620 bits per heavy atom. The van der Waals surface area contributed by atoms with Crippen molar-refractivity contribution >= 4 is 47.3 Å². The average molecular weight is 972 g/mol. The van der Waals surface area contributed by atoms with Gasteiger partial charge in [0.2, 0.25) is 23.6 Å². The summed E-state index contributed by atoms with van der Waals surface area (Å²) < 4.78 is 5.52. The highest BCUT2D eigenvalue weighted by Gasteiger charge is 2.53. The number of primary amides is 2.